The van der Waals surface area contributed by atoms with Crippen LogP contribution in [0.2, 0.25) is 0 Å². The first-order chi connectivity index (χ1) is 37.7. The first-order valence-electron chi connectivity index (χ1n) is 28.0. The molecular weight excluding hydrogens is 1030 g/mol. The molecule has 1 aliphatic rings. The van der Waals surface area contributed by atoms with E-state index in [1.807, 2.05) is 45.9 Å². The van der Waals surface area contributed by atoms with E-state index in [2.05, 4.69) is 26.6 Å². The van der Waals surface area contributed by atoms with Crippen LogP contribution in [-0.2, 0) is 49.6 Å². The van der Waals surface area contributed by atoms with Crippen molar-refractivity contribution in [2.24, 2.45) is 41.1 Å². The lowest BCUT2D eigenvalue weighted by Crippen LogP contribution is -2.60. The highest BCUT2D eigenvalue weighted by atomic mass is 16.6. The van der Waals surface area contributed by atoms with Gasteiger partial charge in [0.15, 0.2) is 0 Å². The maximum Gasteiger partial charge on any atom is 0.410 e. The van der Waals surface area contributed by atoms with Gasteiger partial charge in [0.2, 0.25) is 35.4 Å². The molecular formula is C58H94N10O12. The third-order valence-corrected chi connectivity index (χ3v) is 15.3. The number of carbonyl (C=O) groups is 8. The fourth-order valence-corrected chi connectivity index (χ4v) is 10.2. The van der Waals surface area contributed by atoms with E-state index < -0.39 is 114 Å². The molecule has 1 heterocycles. The molecule has 2 aromatic carbocycles. The molecule has 0 saturated carbocycles. The normalized spacial score (nSPS) is 17.6. The largest absolute Gasteiger partial charge is 0.445 e. The predicted octanol–water partition coefficient (Wildman–Crippen LogP) is 4.43. The van der Waals surface area contributed by atoms with Crippen molar-refractivity contribution in [2.45, 2.75) is 175 Å². The number of aliphatic hydroxyl groups is 1. The van der Waals surface area contributed by atoms with Crippen LogP contribution in [0, 0.1) is 29.6 Å². The standard InChI is InChI=1S/C58H94N10O12/c1-15-36(8)49(44(78-13)31-45(69)68-30-20-24-43(68)51(79-14)37(9)52(71)62-38(10)50(70)40-21-17-16-18-22-40)66(11)56(75)47(34(4)5)65-55(74)48(35(6)7)67(12)58(77)80-32-39-25-27-41(28-26-39)63-53(72)42(23-19-29-61-57(60)76)64-54(73)46(59)33(2)3/h16-18,21-22,25-28,33-38,42-44,46-51,70H,15,19-20,23-24,29-32,59H2,1-14H3,(H,62,71)(H,63,72)(H,64,73)(H,65,74)(H3,60,61,76)/t36?,37-,38-,42+,43+,44-,46+,47+,48+,49?,50-,51-/m1/s1. The Labute approximate surface area is 473 Å². The number of nitrogens with two attached hydrogens (primary N) is 2. The summed E-state index contributed by atoms with van der Waals surface area (Å²) < 4.78 is 17.7. The number of carbonyl (C=O) groups excluding carboxylic acids is 8. The first kappa shape index (κ1) is 67.9. The summed E-state index contributed by atoms with van der Waals surface area (Å²) in [4.78, 5) is 112. The van der Waals surface area contributed by atoms with E-state index in [9.17, 15) is 43.5 Å². The molecule has 0 spiro atoms. The number of nitrogens with zero attached hydrogens (tertiary/aromatic N) is 3. The van der Waals surface area contributed by atoms with Crippen molar-refractivity contribution in [3.63, 3.8) is 0 Å². The fourth-order valence-electron chi connectivity index (χ4n) is 10.2. The van der Waals surface area contributed by atoms with Crippen LogP contribution in [-0.4, -0.2) is 163 Å². The monoisotopic (exact) mass is 1120 g/mol. The molecule has 448 valence electrons. The molecule has 22 heteroatoms. The average Bonchev–Trinajstić information content (AvgIpc) is 3.91. The molecule has 12 atom stereocenters. The Balaban J connectivity index is 1.70. The number of urea groups is 1. The minimum atomic E-state index is -1.05. The molecule has 22 nitrogen and oxygen atoms in total. The predicted molar refractivity (Wildman–Crippen MR) is 305 cm³/mol. The highest BCUT2D eigenvalue weighted by Crippen LogP contribution is 2.30. The van der Waals surface area contributed by atoms with Crippen LogP contribution in [0.1, 0.15) is 125 Å². The van der Waals surface area contributed by atoms with Crippen molar-refractivity contribution >= 4 is 53.3 Å². The molecule has 0 radical (unpaired) electrons. The maximum atomic E-state index is 14.7. The van der Waals surface area contributed by atoms with Gasteiger partial charge >= 0.3 is 12.1 Å². The fraction of sp³-hybridized carbons (Fsp3) is 0.655. The van der Waals surface area contributed by atoms with Crippen molar-refractivity contribution in [1.82, 2.24) is 36.0 Å². The number of amides is 9. The van der Waals surface area contributed by atoms with Gasteiger partial charge in [-0.25, -0.2) is 9.59 Å². The molecule has 3 rings (SSSR count). The van der Waals surface area contributed by atoms with Crippen LogP contribution in [0.25, 0.3) is 0 Å². The Kier molecular flexibility index (Phi) is 27.8. The van der Waals surface area contributed by atoms with Crippen LogP contribution in [0.4, 0.5) is 15.3 Å². The highest BCUT2D eigenvalue weighted by Gasteiger charge is 2.44. The Bertz CT molecular complexity index is 2320. The Morgan fingerprint density at radius 1 is 0.775 bits per heavy atom. The van der Waals surface area contributed by atoms with Gasteiger partial charge in [-0.05, 0) is 79.5 Å². The summed E-state index contributed by atoms with van der Waals surface area (Å²) in [5.74, 6) is -4.32. The SMILES string of the molecule is CCC(C)C([C@@H](CC(=O)N1CCC[C@H]1[C@H](OC)[C@@H](C)C(=O)N[C@H](C)[C@@H](O)c1ccccc1)OC)N(C)C(=O)[C@@H](NC(=O)[C@H](C(C)C)N(C)C(=O)OCc1ccc(NC(=O)[C@H](CCCNC(N)=O)NC(=O)[C@@H](N)C(C)C)cc1)C(C)C. The van der Waals surface area contributed by atoms with E-state index in [1.165, 1.54) is 26.2 Å². The maximum absolute atomic E-state index is 14.7. The zero-order valence-electron chi connectivity index (χ0n) is 49.7. The third-order valence-electron chi connectivity index (χ3n) is 15.3. The molecule has 0 bridgehead atoms. The number of benzene rings is 2. The summed E-state index contributed by atoms with van der Waals surface area (Å²) in [6.07, 6.45) is -0.736. The van der Waals surface area contributed by atoms with Crippen molar-refractivity contribution in [3.8, 4) is 0 Å². The molecule has 9 amide bonds. The molecule has 0 aliphatic carbocycles. The van der Waals surface area contributed by atoms with Gasteiger partial charge < -0.3 is 67.2 Å². The molecule has 1 saturated heterocycles. The van der Waals surface area contributed by atoms with E-state index in [-0.39, 0.29) is 49.6 Å². The number of ether oxygens (including phenoxy) is 3. The van der Waals surface area contributed by atoms with E-state index >= 15 is 0 Å². The summed E-state index contributed by atoms with van der Waals surface area (Å²) in [7, 11) is 6.12. The number of hydrogen-bond donors (Lipinski definition) is 8. The van der Waals surface area contributed by atoms with Gasteiger partial charge in [-0.2, -0.15) is 0 Å². The molecule has 2 unspecified atom stereocenters. The van der Waals surface area contributed by atoms with Crippen LogP contribution in [0.3, 0.4) is 0 Å². The number of rotatable bonds is 31. The van der Waals surface area contributed by atoms with Gasteiger partial charge in [-0.15, -0.1) is 0 Å². The van der Waals surface area contributed by atoms with Gasteiger partial charge in [0.1, 0.15) is 24.7 Å². The van der Waals surface area contributed by atoms with Gasteiger partial charge in [-0.3, -0.25) is 33.7 Å². The minimum Gasteiger partial charge on any atom is -0.445 e. The topological polar surface area (TPSA) is 306 Å². The van der Waals surface area contributed by atoms with Crippen LogP contribution in [0.15, 0.2) is 54.6 Å². The Morgan fingerprint density at radius 3 is 1.96 bits per heavy atom. The Hall–Kier alpha value is -6.36. The number of likely N-dealkylation sites (N-methyl/N-ethyl adjacent to an activating group) is 2. The first-order valence-corrected chi connectivity index (χ1v) is 28.0. The van der Waals surface area contributed by atoms with Crippen molar-refractivity contribution in [1.29, 1.82) is 0 Å². The number of anilines is 1. The lowest BCUT2D eigenvalue weighted by atomic mass is 9.89. The van der Waals surface area contributed by atoms with Gasteiger partial charge in [-0.1, -0.05) is 111 Å². The second-order valence-electron chi connectivity index (χ2n) is 22.3. The van der Waals surface area contributed by atoms with Crippen LogP contribution >= 0.6 is 0 Å². The van der Waals surface area contributed by atoms with Crippen molar-refractivity contribution < 1.29 is 57.7 Å². The third kappa shape index (κ3) is 19.4. The van der Waals surface area contributed by atoms with E-state index in [1.54, 1.807) is 94.8 Å². The number of primary amides is 1. The molecule has 1 fully saturated rings. The van der Waals surface area contributed by atoms with Crippen LogP contribution < -0.4 is 38.1 Å². The highest BCUT2D eigenvalue weighted by molar-refractivity contribution is 5.98. The zero-order chi connectivity index (χ0) is 60.1. The number of hydrogen-bond acceptors (Lipinski definition) is 13. The summed E-state index contributed by atoms with van der Waals surface area (Å²) in [6.45, 7) is 18.7. The lowest BCUT2D eigenvalue weighted by molar-refractivity contribution is -0.148. The second kappa shape index (κ2) is 32.8. The lowest BCUT2D eigenvalue weighted by Gasteiger charge is -2.41. The molecule has 0 aromatic heterocycles. The van der Waals surface area contributed by atoms with Crippen molar-refractivity contribution in [3.05, 3.63) is 65.7 Å². The molecule has 2 aromatic rings. The molecule has 1 aliphatic heterocycles. The second-order valence-corrected chi connectivity index (χ2v) is 22.3. The number of nitrogens with one attached hydrogen (secondary N) is 5. The number of methoxy groups -OCH3 is 2. The summed E-state index contributed by atoms with van der Waals surface area (Å²) in [5.41, 5.74) is 12.8. The zero-order valence-corrected chi connectivity index (χ0v) is 49.7. The quantitative estimate of drug-likeness (QED) is 0.0485. The summed E-state index contributed by atoms with van der Waals surface area (Å²) >= 11 is 0. The number of aliphatic hydroxyl groups excluding tert-OH is 1. The molecule has 80 heavy (non-hydrogen) atoms. The molecule has 10 N–H and O–H groups in total. The van der Waals surface area contributed by atoms with E-state index in [0.717, 1.165) is 0 Å². The van der Waals surface area contributed by atoms with Gasteiger partial charge in [0, 0.05) is 47.1 Å². The van der Waals surface area contributed by atoms with Crippen molar-refractivity contribution in [2.75, 3.05) is 46.7 Å². The average molecular weight is 1120 g/mol. The minimum absolute atomic E-state index is 0.0747. The van der Waals surface area contributed by atoms with Gasteiger partial charge in [0.25, 0.3) is 0 Å². The van der Waals surface area contributed by atoms with E-state index in [4.69, 9.17) is 25.7 Å². The number of likely N-dealkylation sites (tertiary alicyclic amines) is 1. The van der Waals surface area contributed by atoms with Crippen LogP contribution in [0.5, 0.6) is 0 Å². The smallest absolute Gasteiger partial charge is 0.410 e. The van der Waals surface area contributed by atoms with E-state index in [0.29, 0.717) is 49.0 Å². The summed E-state index contributed by atoms with van der Waals surface area (Å²) in [6, 6.07) is 9.37. The Morgan fingerprint density at radius 2 is 1.41 bits per heavy atom. The van der Waals surface area contributed by atoms with Gasteiger partial charge in [0.05, 0.1) is 54.8 Å². The summed E-state index contributed by atoms with van der Waals surface area (Å²) in [5, 5.41) is 24.8.